The molecule has 94 valence electrons. The minimum atomic E-state index is 0.127. The number of hydrogen-bond acceptors (Lipinski definition) is 3. The molecule has 0 fully saturated rings. The zero-order chi connectivity index (χ0) is 12.5. The van der Waals surface area contributed by atoms with Crippen LogP contribution in [0.1, 0.15) is 29.7 Å². The van der Waals surface area contributed by atoms with Crippen molar-refractivity contribution in [3.8, 4) is 5.75 Å². The summed E-state index contributed by atoms with van der Waals surface area (Å²) in [5.41, 5.74) is 2.40. The lowest BCUT2D eigenvalue weighted by molar-refractivity contribution is 0.154. The van der Waals surface area contributed by atoms with E-state index in [-0.39, 0.29) is 12.1 Å². The average molecular weight is 280 g/mol. The zero-order valence-electron chi connectivity index (χ0n) is 10.0. The second kappa shape index (κ2) is 4.92. The highest BCUT2D eigenvalue weighted by Gasteiger charge is 2.28. The highest BCUT2D eigenvalue weighted by atomic mass is 35.5. The first-order valence-corrected chi connectivity index (χ1v) is 7.25. The summed E-state index contributed by atoms with van der Waals surface area (Å²) in [4.78, 5) is 0. The minimum Gasteiger partial charge on any atom is -0.485 e. The fourth-order valence-corrected chi connectivity index (χ4v) is 3.26. The van der Waals surface area contributed by atoms with Crippen molar-refractivity contribution in [1.82, 2.24) is 5.32 Å². The summed E-state index contributed by atoms with van der Waals surface area (Å²) in [5.74, 6) is 0.932. The first-order valence-electron chi connectivity index (χ1n) is 5.93. The molecule has 2 atom stereocenters. The number of fused-ring (bicyclic) bond motifs is 1. The molecule has 2 aromatic rings. The molecule has 2 heterocycles. The van der Waals surface area contributed by atoms with Gasteiger partial charge in [0.1, 0.15) is 11.9 Å². The lowest BCUT2D eigenvalue weighted by Crippen LogP contribution is -2.26. The lowest BCUT2D eigenvalue weighted by Gasteiger charge is -2.32. The smallest absolute Gasteiger partial charge is 0.126 e. The van der Waals surface area contributed by atoms with Gasteiger partial charge in [-0.25, -0.2) is 0 Å². The van der Waals surface area contributed by atoms with Crippen LogP contribution in [0.25, 0.3) is 0 Å². The van der Waals surface area contributed by atoms with Crippen molar-refractivity contribution in [2.75, 3.05) is 7.05 Å². The van der Waals surface area contributed by atoms with Gasteiger partial charge < -0.3 is 10.1 Å². The van der Waals surface area contributed by atoms with E-state index in [0.29, 0.717) is 0 Å². The molecular weight excluding hydrogens is 266 g/mol. The van der Waals surface area contributed by atoms with Gasteiger partial charge in [0.05, 0.1) is 0 Å². The second-order valence-electron chi connectivity index (χ2n) is 4.42. The number of nitrogens with one attached hydrogen (secondary N) is 1. The fraction of sp³-hybridized carbons (Fsp3) is 0.286. The summed E-state index contributed by atoms with van der Waals surface area (Å²) in [7, 11) is 1.98. The third-order valence-electron chi connectivity index (χ3n) is 3.33. The van der Waals surface area contributed by atoms with Crippen molar-refractivity contribution in [3.05, 3.63) is 51.2 Å². The first kappa shape index (κ1) is 12.0. The molecule has 1 N–H and O–H groups in total. The summed E-state index contributed by atoms with van der Waals surface area (Å²) in [5, 5.41) is 8.34. The van der Waals surface area contributed by atoms with E-state index in [1.165, 1.54) is 5.56 Å². The molecule has 0 saturated heterocycles. The Morgan fingerprint density at radius 2 is 2.28 bits per heavy atom. The van der Waals surface area contributed by atoms with Crippen LogP contribution in [0, 0.1) is 0 Å². The topological polar surface area (TPSA) is 21.3 Å². The van der Waals surface area contributed by atoms with Gasteiger partial charge in [-0.15, -0.1) is 0 Å². The van der Waals surface area contributed by atoms with Crippen LogP contribution in [0.15, 0.2) is 35.0 Å². The Morgan fingerprint density at radius 1 is 1.39 bits per heavy atom. The molecule has 0 radical (unpaired) electrons. The molecule has 0 aliphatic carbocycles. The monoisotopic (exact) mass is 279 g/mol. The van der Waals surface area contributed by atoms with Crippen LogP contribution < -0.4 is 10.1 Å². The quantitative estimate of drug-likeness (QED) is 0.890. The van der Waals surface area contributed by atoms with Crippen molar-refractivity contribution in [2.45, 2.75) is 18.6 Å². The van der Waals surface area contributed by atoms with Crippen molar-refractivity contribution >= 4 is 22.9 Å². The number of halogens is 1. The Hall–Kier alpha value is -1.03. The van der Waals surface area contributed by atoms with Gasteiger partial charge in [-0.05, 0) is 42.1 Å². The fourth-order valence-electron chi connectivity index (χ4n) is 2.38. The summed E-state index contributed by atoms with van der Waals surface area (Å²) in [6, 6.07) is 8.24. The molecule has 0 spiro atoms. The van der Waals surface area contributed by atoms with Crippen LogP contribution in [0.3, 0.4) is 0 Å². The highest BCUT2D eigenvalue weighted by molar-refractivity contribution is 7.07. The third kappa shape index (κ3) is 2.14. The van der Waals surface area contributed by atoms with Crippen LogP contribution in [-0.4, -0.2) is 7.05 Å². The van der Waals surface area contributed by atoms with E-state index in [4.69, 9.17) is 16.3 Å². The number of ether oxygens (including phenoxy) is 1. The van der Waals surface area contributed by atoms with Gasteiger partial charge in [0.2, 0.25) is 0 Å². The van der Waals surface area contributed by atoms with Crippen LogP contribution >= 0.6 is 22.9 Å². The van der Waals surface area contributed by atoms with Crippen molar-refractivity contribution in [1.29, 1.82) is 0 Å². The van der Waals surface area contributed by atoms with Crippen molar-refractivity contribution in [3.63, 3.8) is 0 Å². The van der Waals surface area contributed by atoms with E-state index in [9.17, 15) is 0 Å². The van der Waals surface area contributed by atoms with E-state index in [2.05, 4.69) is 22.1 Å². The maximum atomic E-state index is 6.07. The van der Waals surface area contributed by atoms with Gasteiger partial charge in [0.15, 0.2) is 0 Å². The predicted molar refractivity (Wildman–Crippen MR) is 75.6 cm³/mol. The van der Waals surface area contributed by atoms with Crippen LogP contribution in [0.4, 0.5) is 0 Å². The Labute approximate surface area is 116 Å². The number of benzene rings is 1. The van der Waals surface area contributed by atoms with Crippen molar-refractivity contribution in [2.24, 2.45) is 0 Å². The van der Waals surface area contributed by atoms with Gasteiger partial charge in [0, 0.05) is 28.6 Å². The van der Waals surface area contributed by atoms with Crippen LogP contribution in [0.5, 0.6) is 5.75 Å². The predicted octanol–water partition coefficient (Wildman–Crippen LogP) is 4.19. The van der Waals surface area contributed by atoms with Gasteiger partial charge in [-0.3, -0.25) is 0 Å². The van der Waals surface area contributed by atoms with Gasteiger partial charge in [0.25, 0.3) is 0 Å². The van der Waals surface area contributed by atoms with Crippen LogP contribution in [-0.2, 0) is 0 Å². The van der Waals surface area contributed by atoms with E-state index >= 15 is 0 Å². The molecule has 0 amide bonds. The van der Waals surface area contributed by atoms with Gasteiger partial charge in [-0.2, -0.15) is 11.3 Å². The molecule has 1 aliphatic rings. The highest BCUT2D eigenvalue weighted by Crippen LogP contribution is 2.41. The molecule has 4 heteroatoms. The molecule has 1 aromatic heterocycles. The third-order valence-corrected chi connectivity index (χ3v) is 4.27. The Balaban J connectivity index is 1.97. The van der Waals surface area contributed by atoms with Crippen molar-refractivity contribution < 1.29 is 4.74 Å². The largest absolute Gasteiger partial charge is 0.485 e. The number of hydrogen-bond donors (Lipinski definition) is 1. The molecular formula is C14H14ClNOS. The molecule has 3 rings (SSSR count). The summed E-state index contributed by atoms with van der Waals surface area (Å²) >= 11 is 7.76. The Bertz CT molecular complexity index is 541. The standard InChI is InChI=1S/C14H14ClNOS/c1-16-12-7-14(9-4-5-18-8-9)17-13-3-2-10(15)6-11(12)13/h2-6,8,12,14,16H,7H2,1H3. The molecule has 0 bridgehead atoms. The maximum Gasteiger partial charge on any atom is 0.126 e. The summed E-state index contributed by atoms with van der Waals surface area (Å²) in [6.45, 7) is 0. The lowest BCUT2D eigenvalue weighted by atomic mass is 9.94. The van der Waals surface area contributed by atoms with Gasteiger partial charge >= 0.3 is 0 Å². The summed E-state index contributed by atoms with van der Waals surface area (Å²) < 4.78 is 6.07. The number of rotatable bonds is 2. The first-order chi connectivity index (χ1) is 8.78. The van der Waals surface area contributed by atoms with E-state index in [0.717, 1.165) is 22.8 Å². The SMILES string of the molecule is CNC1CC(c2ccsc2)Oc2ccc(Cl)cc21. The molecule has 1 aliphatic heterocycles. The van der Waals surface area contributed by atoms with E-state index in [1.54, 1.807) is 11.3 Å². The molecule has 2 unspecified atom stereocenters. The number of thiophene rings is 1. The Kier molecular flexibility index (Phi) is 3.29. The van der Waals surface area contributed by atoms with E-state index < -0.39 is 0 Å². The van der Waals surface area contributed by atoms with Crippen LogP contribution in [0.2, 0.25) is 5.02 Å². The molecule has 0 saturated carbocycles. The molecule has 18 heavy (non-hydrogen) atoms. The molecule has 1 aromatic carbocycles. The molecule has 2 nitrogen and oxygen atoms in total. The van der Waals surface area contributed by atoms with E-state index in [1.807, 2.05) is 25.2 Å². The average Bonchev–Trinajstić information content (AvgIpc) is 2.91. The van der Waals surface area contributed by atoms with Gasteiger partial charge in [-0.1, -0.05) is 11.6 Å². The maximum absolute atomic E-state index is 6.07. The normalized spacial score (nSPS) is 22.3. The minimum absolute atomic E-state index is 0.127. The Morgan fingerprint density at radius 3 is 3.00 bits per heavy atom. The second-order valence-corrected chi connectivity index (χ2v) is 5.64. The summed E-state index contributed by atoms with van der Waals surface area (Å²) in [6.07, 6.45) is 1.06. The zero-order valence-corrected chi connectivity index (χ0v) is 11.6.